The van der Waals surface area contributed by atoms with Gasteiger partial charge in [-0.3, -0.25) is 4.79 Å². The van der Waals surface area contributed by atoms with Crippen molar-refractivity contribution in [3.05, 3.63) is 28.8 Å². The molecule has 1 amide bonds. The largest absolute Gasteiger partial charge is 0.374 e. The average molecular weight is 264 g/mol. The molecule has 94 valence electrons. The van der Waals surface area contributed by atoms with Gasteiger partial charge < -0.3 is 10.6 Å². The summed E-state index contributed by atoms with van der Waals surface area (Å²) < 4.78 is 0. The molecule has 5 heteroatoms. The molecule has 1 aliphatic heterocycles. The molecule has 2 N–H and O–H groups in total. The van der Waals surface area contributed by atoms with Crippen molar-refractivity contribution in [2.45, 2.75) is 25.3 Å². The Kier molecular flexibility index (Phi) is 4.06. The molecule has 0 bridgehead atoms. The second-order valence-electron chi connectivity index (χ2n) is 4.29. The maximum Gasteiger partial charge on any atom is 0.242 e. The highest BCUT2D eigenvalue weighted by molar-refractivity contribution is 6.32. The number of nitrogens with zero attached hydrogens (tertiary/aromatic N) is 1. The fraction of sp³-hybridized carbons (Fsp3) is 0.385. The summed E-state index contributed by atoms with van der Waals surface area (Å²) in [7, 11) is 0. The van der Waals surface area contributed by atoms with Crippen LogP contribution in [-0.4, -0.2) is 18.5 Å². The van der Waals surface area contributed by atoms with Crippen LogP contribution in [0.25, 0.3) is 0 Å². The topological polar surface area (TPSA) is 64.9 Å². The van der Waals surface area contributed by atoms with E-state index in [1.54, 1.807) is 18.2 Å². The molecular formula is C13H14ClN3O. The maximum absolute atomic E-state index is 11.8. The van der Waals surface area contributed by atoms with E-state index in [-0.39, 0.29) is 11.9 Å². The highest BCUT2D eigenvalue weighted by Gasteiger charge is 2.20. The molecule has 1 aromatic carbocycles. The lowest BCUT2D eigenvalue weighted by molar-refractivity contribution is -0.121. The molecule has 1 saturated heterocycles. The van der Waals surface area contributed by atoms with Gasteiger partial charge in [0.25, 0.3) is 0 Å². The van der Waals surface area contributed by atoms with Crippen molar-refractivity contribution in [2.24, 2.45) is 0 Å². The zero-order chi connectivity index (χ0) is 13.0. The Bertz CT molecular complexity index is 495. The minimum atomic E-state index is -0.225. The first-order valence-corrected chi connectivity index (χ1v) is 6.32. The van der Waals surface area contributed by atoms with Gasteiger partial charge in [-0.05, 0) is 37.5 Å². The number of hydrogen-bond donors (Lipinski definition) is 2. The zero-order valence-electron chi connectivity index (χ0n) is 9.87. The molecule has 0 aliphatic carbocycles. The third kappa shape index (κ3) is 2.93. The summed E-state index contributed by atoms with van der Waals surface area (Å²) >= 11 is 5.95. The number of nitrogens with one attached hydrogen (secondary N) is 2. The van der Waals surface area contributed by atoms with Crippen LogP contribution in [0.4, 0.5) is 5.69 Å². The van der Waals surface area contributed by atoms with Crippen LogP contribution < -0.4 is 10.6 Å². The van der Waals surface area contributed by atoms with Crippen molar-refractivity contribution in [3.63, 3.8) is 0 Å². The average Bonchev–Trinajstić information content (AvgIpc) is 2.55. The fourth-order valence-corrected chi connectivity index (χ4v) is 2.20. The number of carbonyl (C=O) groups excluding carboxylic acids is 1. The summed E-state index contributed by atoms with van der Waals surface area (Å²) in [6.45, 7) is 0.741. The Balaban J connectivity index is 2.11. The van der Waals surface area contributed by atoms with E-state index in [4.69, 9.17) is 16.9 Å². The van der Waals surface area contributed by atoms with E-state index in [1.165, 1.54) is 0 Å². The monoisotopic (exact) mass is 263 g/mol. The Morgan fingerprint density at radius 3 is 3.00 bits per heavy atom. The molecule has 0 radical (unpaired) electrons. The van der Waals surface area contributed by atoms with Crippen LogP contribution in [0.3, 0.4) is 0 Å². The summed E-state index contributed by atoms with van der Waals surface area (Å²) in [6.07, 6.45) is 2.84. The maximum atomic E-state index is 11.8. The fourth-order valence-electron chi connectivity index (χ4n) is 1.97. The number of benzene rings is 1. The molecule has 1 aromatic rings. The van der Waals surface area contributed by atoms with Crippen LogP contribution in [0, 0.1) is 11.3 Å². The van der Waals surface area contributed by atoms with Gasteiger partial charge in [-0.25, -0.2) is 0 Å². The van der Waals surface area contributed by atoms with Crippen molar-refractivity contribution in [2.75, 3.05) is 11.9 Å². The molecule has 1 atom stereocenters. The Hall–Kier alpha value is -1.73. The van der Waals surface area contributed by atoms with E-state index in [1.807, 2.05) is 6.07 Å². The summed E-state index contributed by atoms with van der Waals surface area (Å²) in [5, 5.41) is 15.2. The summed E-state index contributed by atoms with van der Waals surface area (Å²) in [4.78, 5) is 11.8. The predicted molar refractivity (Wildman–Crippen MR) is 70.4 cm³/mol. The number of hydrogen-bond acceptors (Lipinski definition) is 3. The van der Waals surface area contributed by atoms with Crippen LogP contribution in [-0.2, 0) is 4.79 Å². The van der Waals surface area contributed by atoms with E-state index in [9.17, 15) is 4.79 Å². The van der Waals surface area contributed by atoms with Gasteiger partial charge in [0.2, 0.25) is 5.91 Å². The van der Waals surface area contributed by atoms with E-state index >= 15 is 0 Å². The molecule has 2 rings (SSSR count). The standard InChI is InChI=1S/C13H14ClN3O/c14-11-7-10(5-4-9(11)8-15)17-12-3-1-2-6-16-13(12)18/h4-5,7,12,17H,1-3,6H2,(H,16,18). The molecule has 1 unspecified atom stereocenters. The van der Waals surface area contributed by atoms with Gasteiger partial charge in [0.15, 0.2) is 0 Å². The number of amides is 1. The molecule has 1 heterocycles. The minimum Gasteiger partial charge on any atom is -0.374 e. The number of carbonyl (C=O) groups is 1. The van der Waals surface area contributed by atoms with E-state index < -0.39 is 0 Å². The number of rotatable bonds is 2. The first-order chi connectivity index (χ1) is 8.70. The van der Waals surface area contributed by atoms with Crippen LogP contribution in [0.2, 0.25) is 5.02 Å². The van der Waals surface area contributed by atoms with Crippen LogP contribution in [0.15, 0.2) is 18.2 Å². The second kappa shape index (κ2) is 5.74. The second-order valence-corrected chi connectivity index (χ2v) is 4.70. The lowest BCUT2D eigenvalue weighted by Gasteiger charge is -2.16. The molecule has 0 spiro atoms. The van der Waals surface area contributed by atoms with Gasteiger partial charge in [0.05, 0.1) is 10.6 Å². The van der Waals surface area contributed by atoms with Gasteiger partial charge in [-0.1, -0.05) is 11.6 Å². The summed E-state index contributed by atoms with van der Waals surface area (Å²) in [6, 6.07) is 6.88. The van der Waals surface area contributed by atoms with Crippen molar-refractivity contribution >= 4 is 23.2 Å². The van der Waals surface area contributed by atoms with Crippen molar-refractivity contribution in [1.29, 1.82) is 5.26 Å². The number of halogens is 1. The van der Waals surface area contributed by atoms with Crippen LogP contribution >= 0.6 is 11.6 Å². The van der Waals surface area contributed by atoms with Crippen LogP contribution in [0.5, 0.6) is 0 Å². The normalized spacial score (nSPS) is 19.6. The molecule has 18 heavy (non-hydrogen) atoms. The predicted octanol–water partition coefficient (Wildman–Crippen LogP) is 2.29. The SMILES string of the molecule is N#Cc1ccc(NC2CCCCNC2=O)cc1Cl. The smallest absolute Gasteiger partial charge is 0.242 e. The van der Waals surface area contributed by atoms with Gasteiger partial charge in [0.1, 0.15) is 12.1 Å². The lowest BCUT2D eigenvalue weighted by atomic mass is 10.1. The summed E-state index contributed by atoms with van der Waals surface area (Å²) in [5.74, 6) is 0.0213. The Morgan fingerprint density at radius 2 is 2.28 bits per heavy atom. The number of nitriles is 1. The van der Waals surface area contributed by atoms with E-state index in [2.05, 4.69) is 10.6 Å². The van der Waals surface area contributed by atoms with Gasteiger partial charge in [0, 0.05) is 12.2 Å². The summed E-state index contributed by atoms with van der Waals surface area (Å²) in [5.41, 5.74) is 1.20. The molecule has 0 saturated carbocycles. The minimum absolute atomic E-state index is 0.0213. The molecule has 1 aliphatic rings. The zero-order valence-corrected chi connectivity index (χ0v) is 10.6. The first kappa shape index (κ1) is 12.7. The molecule has 1 fully saturated rings. The number of anilines is 1. The Labute approximate surface area is 111 Å². The van der Waals surface area contributed by atoms with Crippen LogP contribution in [0.1, 0.15) is 24.8 Å². The van der Waals surface area contributed by atoms with Gasteiger partial charge in [-0.2, -0.15) is 5.26 Å². The van der Waals surface area contributed by atoms with Crippen molar-refractivity contribution in [1.82, 2.24) is 5.32 Å². The van der Waals surface area contributed by atoms with Gasteiger partial charge in [-0.15, -0.1) is 0 Å². The third-order valence-corrected chi connectivity index (χ3v) is 3.28. The third-order valence-electron chi connectivity index (χ3n) is 2.97. The lowest BCUT2D eigenvalue weighted by Crippen LogP contribution is -2.37. The quantitative estimate of drug-likeness (QED) is 0.860. The first-order valence-electron chi connectivity index (χ1n) is 5.94. The molecule has 0 aromatic heterocycles. The van der Waals surface area contributed by atoms with Crippen molar-refractivity contribution < 1.29 is 4.79 Å². The van der Waals surface area contributed by atoms with Crippen molar-refractivity contribution in [3.8, 4) is 6.07 Å². The molecular weight excluding hydrogens is 250 g/mol. The van der Waals surface area contributed by atoms with Gasteiger partial charge >= 0.3 is 0 Å². The van der Waals surface area contributed by atoms with E-state index in [0.29, 0.717) is 10.6 Å². The highest BCUT2D eigenvalue weighted by Crippen LogP contribution is 2.21. The Morgan fingerprint density at radius 1 is 1.44 bits per heavy atom. The van der Waals surface area contributed by atoms with E-state index in [0.717, 1.165) is 31.5 Å². The highest BCUT2D eigenvalue weighted by atomic mass is 35.5. The molecule has 4 nitrogen and oxygen atoms in total.